The van der Waals surface area contributed by atoms with Gasteiger partial charge in [-0.3, -0.25) is 4.79 Å². The highest BCUT2D eigenvalue weighted by atomic mass is 16.5. The zero-order valence-electron chi connectivity index (χ0n) is 12.0. The summed E-state index contributed by atoms with van der Waals surface area (Å²) in [5.41, 5.74) is 0.504. The van der Waals surface area contributed by atoms with Gasteiger partial charge in [-0.05, 0) is 18.6 Å². The minimum Gasteiger partial charge on any atom is -0.489 e. The molecule has 0 aliphatic rings. The van der Waals surface area contributed by atoms with Gasteiger partial charge in [-0.15, -0.1) is 0 Å². The third-order valence-corrected chi connectivity index (χ3v) is 3.05. The number of benzene rings is 1. The number of nitrogens with zero attached hydrogens (tertiary/aromatic N) is 1. The number of aromatic nitrogens is 2. The molecule has 2 N–H and O–H groups in total. The molecule has 1 aromatic carbocycles. The number of carbonyl (C=O) groups excluding carboxylic acids is 1. The maximum absolute atomic E-state index is 12.4. The van der Waals surface area contributed by atoms with Crippen LogP contribution < -0.4 is 10.1 Å². The second-order valence-corrected chi connectivity index (χ2v) is 4.50. The molecule has 0 aliphatic heterocycles. The Balaban J connectivity index is 2.14. The Kier molecular flexibility index (Phi) is 5.15. The Morgan fingerprint density at radius 2 is 2.33 bits per heavy atom. The molecule has 0 spiro atoms. The van der Waals surface area contributed by atoms with Crippen molar-refractivity contribution in [2.45, 2.75) is 19.4 Å². The molecule has 0 saturated heterocycles. The van der Waals surface area contributed by atoms with Gasteiger partial charge >= 0.3 is 0 Å². The number of rotatable bonds is 7. The standard InChI is InChI=1S/C16H19N3O2/c1-3-11-21-14-8-6-5-7-12(14)16(20)19-13(4-2)15-17-9-10-18-15/h3,5-10,13H,1,4,11H2,2H3,(H,17,18)(H,19,20). The van der Waals surface area contributed by atoms with Gasteiger partial charge in [0, 0.05) is 12.4 Å². The van der Waals surface area contributed by atoms with Crippen molar-refractivity contribution in [3.63, 3.8) is 0 Å². The van der Waals surface area contributed by atoms with Crippen molar-refractivity contribution in [3.05, 3.63) is 60.7 Å². The number of hydrogen-bond donors (Lipinski definition) is 2. The van der Waals surface area contributed by atoms with Crippen LogP contribution in [-0.4, -0.2) is 22.5 Å². The Hall–Kier alpha value is -2.56. The van der Waals surface area contributed by atoms with Crippen LogP contribution in [0.1, 0.15) is 35.6 Å². The third-order valence-electron chi connectivity index (χ3n) is 3.05. The lowest BCUT2D eigenvalue weighted by molar-refractivity contribution is 0.0930. The Morgan fingerprint density at radius 1 is 1.52 bits per heavy atom. The van der Waals surface area contributed by atoms with Gasteiger partial charge in [0.25, 0.3) is 5.91 Å². The molecule has 5 nitrogen and oxygen atoms in total. The summed E-state index contributed by atoms with van der Waals surface area (Å²) in [4.78, 5) is 19.6. The molecule has 5 heteroatoms. The predicted molar refractivity (Wildman–Crippen MR) is 81.2 cm³/mol. The summed E-state index contributed by atoms with van der Waals surface area (Å²) in [7, 11) is 0. The van der Waals surface area contributed by atoms with Gasteiger partial charge in [-0.1, -0.05) is 31.7 Å². The van der Waals surface area contributed by atoms with E-state index >= 15 is 0 Å². The number of ether oxygens (including phenoxy) is 1. The fraction of sp³-hybridized carbons (Fsp3) is 0.250. The van der Waals surface area contributed by atoms with Gasteiger partial charge in [-0.25, -0.2) is 4.98 Å². The Labute approximate surface area is 124 Å². The maximum atomic E-state index is 12.4. The van der Waals surface area contributed by atoms with Gasteiger partial charge in [0.1, 0.15) is 18.2 Å². The number of aromatic amines is 1. The summed E-state index contributed by atoms with van der Waals surface area (Å²) in [5, 5.41) is 2.96. The van der Waals surface area contributed by atoms with E-state index in [1.54, 1.807) is 30.6 Å². The highest BCUT2D eigenvalue weighted by Crippen LogP contribution is 2.20. The van der Waals surface area contributed by atoms with Crippen LogP contribution >= 0.6 is 0 Å². The van der Waals surface area contributed by atoms with E-state index in [2.05, 4.69) is 21.9 Å². The van der Waals surface area contributed by atoms with Crippen LogP contribution in [0.25, 0.3) is 0 Å². The van der Waals surface area contributed by atoms with Crippen LogP contribution in [0.5, 0.6) is 5.75 Å². The molecular formula is C16H19N3O2. The lowest BCUT2D eigenvalue weighted by Gasteiger charge is -2.16. The summed E-state index contributed by atoms with van der Waals surface area (Å²) in [6, 6.07) is 7.00. The molecule has 2 aromatic rings. The van der Waals surface area contributed by atoms with Crippen LogP contribution in [0, 0.1) is 0 Å². The number of amides is 1. The molecular weight excluding hydrogens is 266 g/mol. The molecule has 0 saturated carbocycles. The molecule has 0 bridgehead atoms. The molecule has 0 fully saturated rings. The molecule has 110 valence electrons. The molecule has 0 aliphatic carbocycles. The lowest BCUT2D eigenvalue weighted by Crippen LogP contribution is -2.29. The van der Waals surface area contributed by atoms with E-state index in [0.717, 1.165) is 12.2 Å². The maximum Gasteiger partial charge on any atom is 0.255 e. The molecule has 0 radical (unpaired) electrons. The van der Waals surface area contributed by atoms with E-state index < -0.39 is 0 Å². The highest BCUT2D eigenvalue weighted by Gasteiger charge is 2.18. The van der Waals surface area contributed by atoms with Gasteiger partial charge in [-0.2, -0.15) is 0 Å². The SMILES string of the molecule is C=CCOc1ccccc1C(=O)NC(CC)c1ncc[nH]1. The number of H-pyrrole nitrogens is 1. The first-order valence-electron chi connectivity index (χ1n) is 6.89. The van der Waals surface area contributed by atoms with Gasteiger partial charge in [0.2, 0.25) is 0 Å². The molecule has 1 unspecified atom stereocenters. The van der Waals surface area contributed by atoms with Crippen molar-refractivity contribution in [3.8, 4) is 5.75 Å². The number of nitrogens with one attached hydrogen (secondary N) is 2. The van der Waals surface area contributed by atoms with Crippen LogP contribution in [-0.2, 0) is 0 Å². The van der Waals surface area contributed by atoms with Crippen molar-refractivity contribution < 1.29 is 9.53 Å². The fourth-order valence-electron chi connectivity index (χ4n) is 2.00. The molecule has 1 aromatic heterocycles. The first kappa shape index (κ1) is 14.8. The number of carbonyl (C=O) groups is 1. The second-order valence-electron chi connectivity index (χ2n) is 4.50. The summed E-state index contributed by atoms with van der Waals surface area (Å²) in [5.74, 6) is 1.11. The summed E-state index contributed by atoms with van der Waals surface area (Å²) < 4.78 is 5.51. The van der Waals surface area contributed by atoms with Gasteiger partial charge in [0.05, 0.1) is 11.6 Å². The lowest BCUT2D eigenvalue weighted by atomic mass is 10.1. The summed E-state index contributed by atoms with van der Waals surface area (Å²) >= 11 is 0. The van der Waals surface area contributed by atoms with Crippen molar-refractivity contribution in [2.75, 3.05) is 6.61 Å². The first-order valence-corrected chi connectivity index (χ1v) is 6.89. The predicted octanol–water partition coefficient (Wildman–Crippen LogP) is 2.86. The normalized spacial score (nSPS) is 11.7. The van der Waals surface area contributed by atoms with E-state index in [9.17, 15) is 4.79 Å². The average molecular weight is 285 g/mol. The van der Waals surface area contributed by atoms with E-state index in [1.165, 1.54) is 0 Å². The molecule has 2 rings (SSSR count). The number of imidazole rings is 1. The monoisotopic (exact) mass is 285 g/mol. The molecule has 1 atom stereocenters. The van der Waals surface area contributed by atoms with Crippen molar-refractivity contribution in [1.82, 2.24) is 15.3 Å². The zero-order valence-corrected chi connectivity index (χ0v) is 12.0. The van der Waals surface area contributed by atoms with E-state index in [0.29, 0.717) is 17.9 Å². The quantitative estimate of drug-likeness (QED) is 0.769. The van der Waals surface area contributed by atoms with Crippen LogP contribution in [0.3, 0.4) is 0 Å². The van der Waals surface area contributed by atoms with Crippen molar-refractivity contribution >= 4 is 5.91 Å². The smallest absolute Gasteiger partial charge is 0.255 e. The third kappa shape index (κ3) is 3.72. The first-order chi connectivity index (χ1) is 10.3. The van der Waals surface area contributed by atoms with E-state index in [4.69, 9.17) is 4.74 Å². The van der Waals surface area contributed by atoms with E-state index in [1.807, 2.05) is 19.1 Å². The second kappa shape index (κ2) is 7.28. The fourth-order valence-corrected chi connectivity index (χ4v) is 2.00. The zero-order chi connectivity index (χ0) is 15.1. The molecule has 21 heavy (non-hydrogen) atoms. The number of para-hydroxylation sites is 1. The Bertz CT molecular complexity index is 593. The summed E-state index contributed by atoms with van der Waals surface area (Å²) in [6.07, 6.45) is 5.80. The largest absolute Gasteiger partial charge is 0.489 e. The Morgan fingerprint density at radius 3 is 3.00 bits per heavy atom. The van der Waals surface area contributed by atoms with Crippen LogP contribution in [0.2, 0.25) is 0 Å². The number of hydrogen-bond acceptors (Lipinski definition) is 3. The van der Waals surface area contributed by atoms with Crippen molar-refractivity contribution in [2.24, 2.45) is 0 Å². The van der Waals surface area contributed by atoms with Crippen LogP contribution in [0.15, 0.2) is 49.3 Å². The molecule has 1 amide bonds. The highest BCUT2D eigenvalue weighted by molar-refractivity contribution is 5.97. The van der Waals surface area contributed by atoms with Gasteiger partial charge < -0.3 is 15.0 Å². The van der Waals surface area contributed by atoms with Crippen molar-refractivity contribution in [1.29, 1.82) is 0 Å². The average Bonchev–Trinajstić information content (AvgIpc) is 3.04. The van der Waals surface area contributed by atoms with E-state index in [-0.39, 0.29) is 11.9 Å². The molecule has 1 heterocycles. The van der Waals surface area contributed by atoms with Crippen LogP contribution in [0.4, 0.5) is 0 Å². The minimum absolute atomic E-state index is 0.153. The van der Waals surface area contributed by atoms with Gasteiger partial charge in [0.15, 0.2) is 0 Å². The minimum atomic E-state index is -0.182. The topological polar surface area (TPSA) is 67.0 Å². The summed E-state index contributed by atoms with van der Waals surface area (Å²) in [6.45, 7) is 5.96.